The van der Waals surface area contributed by atoms with Crippen molar-refractivity contribution in [3.8, 4) is 5.75 Å². The molecule has 3 fully saturated rings. The number of carbonyl (C=O) groups excluding carboxylic acids is 5. The van der Waals surface area contributed by atoms with Gasteiger partial charge in [0.15, 0.2) is 9.75 Å². The molecule has 1 saturated carbocycles. The van der Waals surface area contributed by atoms with Gasteiger partial charge in [-0.15, -0.1) is 23.2 Å². The molecular formula is C27H22Cl2N2O7. The molecule has 9 nitrogen and oxygen atoms in total. The number of aromatic hydroxyl groups is 1. The molecule has 0 radical (unpaired) electrons. The Labute approximate surface area is 226 Å². The zero-order chi connectivity index (χ0) is 27.3. The van der Waals surface area contributed by atoms with Crippen molar-refractivity contribution in [2.75, 3.05) is 14.2 Å². The number of imide groups is 4. The van der Waals surface area contributed by atoms with Crippen LogP contribution in [-0.4, -0.2) is 68.5 Å². The minimum absolute atomic E-state index is 0.0941. The van der Waals surface area contributed by atoms with Gasteiger partial charge in [0, 0.05) is 18.5 Å². The number of alkyl halides is 2. The lowest BCUT2D eigenvalue weighted by molar-refractivity contribution is -0.139. The van der Waals surface area contributed by atoms with Crippen LogP contribution in [0.1, 0.15) is 24.3 Å². The van der Waals surface area contributed by atoms with E-state index in [0.717, 1.165) is 17.4 Å². The summed E-state index contributed by atoms with van der Waals surface area (Å²) in [5, 5.41) is 12.5. The third-order valence-electron chi connectivity index (χ3n) is 8.61. The first-order valence-electron chi connectivity index (χ1n) is 12.1. The monoisotopic (exact) mass is 556 g/mol. The van der Waals surface area contributed by atoms with Crippen LogP contribution in [0, 0.1) is 17.8 Å². The van der Waals surface area contributed by atoms with Crippen molar-refractivity contribution >= 4 is 63.7 Å². The van der Waals surface area contributed by atoms with Gasteiger partial charge in [0.2, 0.25) is 11.8 Å². The maximum atomic E-state index is 13.7. The van der Waals surface area contributed by atoms with E-state index < -0.39 is 63.1 Å². The molecule has 4 aliphatic rings. The maximum Gasteiger partial charge on any atom is 0.423 e. The molecule has 11 heteroatoms. The van der Waals surface area contributed by atoms with E-state index in [1.54, 1.807) is 24.3 Å². The minimum atomic E-state index is -2.02. The fourth-order valence-corrected chi connectivity index (χ4v) is 7.92. The van der Waals surface area contributed by atoms with Gasteiger partial charge in [-0.3, -0.25) is 24.1 Å². The molecule has 2 aromatic rings. The summed E-state index contributed by atoms with van der Waals surface area (Å²) in [5.74, 6) is -6.86. The van der Waals surface area contributed by atoms with Crippen LogP contribution in [0.5, 0.6) is 5.75 Å². The van der Waals surface area contributed by atoms with E-state index in [1.807, 2.05) is 12.1 Å². The minimum Gasteiger partial charge on any atom is -0.508 e. The molecule has 6 rings (SSSR count). The standard InChI is InChI=1S/C27H22Cl2N2O7/c1-30-23(35)26(28)11-16-14(8-9-15-18(16)22(34)31(21(15)33)25(37)38-2)20(27(26,29)24(30)36)19-13-6-4-3-5-12(13)7-10-17(19)32/h3-8,10,15-16,18,20,32H,9,11H2,1-2H3. The normalized spacial score (nSPS) is 34.3. The van der Waals surface area contributed by atoms with E-state index in [-0.39, 0.29) is 18.6 Å². The topological polar surface area (TPSA) is 121 Å². The number of allylic oxidation sites excluding steroid dienone is 2. The quantitative estimate of drug-likeness (QED) is 0.325. The van der Waals surface area contributed by atoms with Gasteiger partial charge in [-0.2, -0.15) is 4.90 Å². The maximum absolute atomic E-state index is 13.7. The van der Waals surface area contributed by atoms with Crippen molar-refractivity contribution in [3.63, 3.8) is 0 Å². The van der Waals surface area contributed by atoms with Gasteiger partial charge >= 0.3 is 6.09 Å². The van der Waals surface area contributed by atoms with E-state index >= 15 is 0 Å². The summed E-state index contributed by atoms with van der Waals surface area (Å²) in [6, 6.07) is 10.4. The number of hydrogen-bond donors (Lipinski definition) is 1. The fraction of sp³-hybridized carbons (Fsp3) is 0.370. The Kier molecular flexibility index (Phi) is 5.26. The zero-order valence-corrected chi connectivity index (χ0v) is 21.8. The number of likely N-dealkylation sites (tertiary alicyclic amines) is 2. The lowest BCUT2D eigenvalue weighted by atomic mass is 9.56. The summed E-state index contributed by atoms with van der Waals surface area (Å²) in [4.78, 5) is 63.5. The molecule has 2 saturated heterocycles. The molecule has 0 aromatic heterocycles. The number of amides is 5. The second kappa shape index (κ2) is 8.04. The molecule has 1 N–H and O–H groups in total. The Morgan fingerprint density at radius 3 is 2.45 bits per heavy atom. The van der Waals surface area contributed by atoms with Crippen molar-refractivity contribution in [2.24, 2.45) is 17.8 Å². The number of carbonyl (C=O) groups is 5. The largest absolute Gasteiger partial charge is 0.508 e. The second-order valence-corrected chi connectivity index (χ2v) is 11.4. The summed E-state index contributed by atoms with van der Waals surface area (Å²) in [6.07, 6.45) is 0.529. The third-order valence-corrected chi connectivity index (χ3v) is 10.0. The molecule has 6 atom stereocenters. The van der Waals surface area contributed by atoms with Crippen molar-refractivity contribution in [2.45, 2.75) is 28.5 Å². The van der Waals surface area contributed by atoms with Gasteiger partial charge in [0.1, 0.15) is 5.75 Å². The molecule has 2 aliphatic heterocycles. The number of fused-ring (bicyclic) bond motifs is 5. The zero-order valence-electron chi connectivity index (χ0n) is 20.3. The molecular weight excluding hydrogens is 535 g/mol. The molecule has 6 unspecified atom stereocenters. The van der Waals surface area contributed by atoms with Gasteiger partial charge in [-0.05, 0) is 35.6 Å². The molecule has 2 aliphatic carbocycles. The fourth-order valence-electron chi connectivity index (χ4n) is 6.92. The number of halogens is 2. The van der Waals surface area contributed by atoms with Crippen molar-refractivity contribution < 1.29 is 33.8 Å². The van der Waals surface area contributed by atoms with E-state index in [4.69, 9.17) is 23.2 Å². The Bertz CT molecular complexity index is 1520. The van der Waals surface area contributed by atoms with E-state index in [1.165, 1.54) is 13.1 Å². The van der Waals surface area contributed by atoms with E-state index in [2.05, 4.69) is 4.74 Å². The van der Waals surface area contributed by atoms with Crippen LogP contribution in [0.4, 0.5) is 4.79 Å². The summed E-state index contributed by atoms with van der Waals surface area (Å²) in [5.41, 5.74) is 0.823. The number of benzene rings is 2. The number of phenolic OH excluding ortho intramolecular Hbond substituents is 1. The van der Waals surface area contributed by atoms with E-state index in [0.29, 0.717) is 21.4 Å². The highest BCUT2D eigenvalue weighted by atomic mass is 35.5. The molecule has 196 valence electrons. The summed E-state index contributed by atoms with van der Waals surface area (Å²) in [7, 11) is 2.37. The average molecular weight is 557 g/mol. The first-order valence-corrected chi connectivity index (χ1v) is 12.8. The van der Waals surface area contributed by atoms with Crippen molar-refractivity contribution in [1.82, 2.24) is 9.80 Å². The van der Waals surface area contributed by atoms with Gasteiger partial charge in [0.05, 0.1) is 18.9 Å². The van der Waals surface area contributed by atoms with Crippen LogP contribution in [0.15, 0.2) is 48.0 Å². The molecule has 38 heavy (non-hydrogen) atoms. The molecule has 2 heterocycles. The van der Waals surface area contributed by atoms with Gasteiger partial charge in [-0.1, -0.05) is 42.0 Å². The van der Waals surface area contributed by atoms with Crippen molar-refractivity contribution in [3.05, 3.63) is 53.6 Å². The van der Waals surface area contributed by atoms with Gasteiger partial charge in [0.25, 0.3) is 11.8 Å². The van der Waals surface area contributed by atoms with Crippen LogP contribution >= 0.6 is 23.2 Å². The highest BCUT2D eigenvalue weighted by Crippen LogP contribution is 2.66. The number of methoxy groups -OCH3 is 1. The number of phenols is 1. The van der Waals surface area contributed by atoms with Crippen LogP contribution in [-0.2, 0) is 23.9 Å². The molecule has 5 amide bonds. The highest BCUT2D eigenvalue weighted by Gasteiger charge is 2.76. The number of rotatable bonds is 1. The van der Waals surface area contributed by atoms with Crippen LogP contribution in [0.3, 0.4) is 0 Å². The summed E-state index contributed by atoms with van der Waals surface area (Å²) >= 11 is 14.3. The molecule has 2 aromatic carbocycles. The Hall–Kier alpha value is -3.43. The molecule has 0 spiro atoms. The molecule has 0 bridgehead atoms. The van der Waals surface area contributed by atoms with Gasteiger partial charge < -0.3 is 9.84 Å². The van der Waals surface area contributed by atoms with Gasteiger partial charge in [-0.25, -0.2) is 4.79 Å². The van der Waals surface area contributed by atoms with Crippen LogP contribution in [0.25, 0.3) is 10.8 Å². The first-order chi connectivity index (χ1) is 18.0. The highest BCUT2D eigenvalue weighted by molar-refractivity contribution is 6.53. The summed E-state index contributed by atoms with van der Waals surface area (Å²) < 4.78 is 4.66. The average Bonchev–Trinajstić information content (AvgIpc) is 3.24. The number of nitrogens with zero attached hydrogens (tertiary/aromatic N) is 2. The summed E-state index contributed by atoms with van der Waals surface area (Å²) in [6.45, 7) is 0. The lowest BCUT2D eigenvalue weighted by Gasteiger charge is -2.51. The predicted octanol–water partition coefficient (Wildman–Crippen LogP) is 3.30. The third kappa shape index (κ3) is 2.81. The second-order valence-electron chi connectivity index (χ2n) is 10.2. The lowest BCUT2D eigenvalue weighted by Crippen LogP contribution is -2.60. The Morgan fingerprint density at radius 2 is 1.74 bits per heavy atom. The SMILES string of the molecule is COC(=O)N1C(=O)C2CC=C3C(CC4(Cl)C(=O)N(C)C(=O)C4(Cl)C3c3c(O)ccc4ccccc34)C2C1=O. The smallest absolute Gasteiger partial charge is 0.423 e. The number of ether oxygens (including phenoxy) is 1. The van der Waals surface area contributed by atoms with Crippen molar-refractivity contribution in [1.29, 1.82) is 0 Å². The van der Waals surface area contributed by atoms with Crippen LogP contribution in [0.2, 0.25) is 0 Å². The van der Waals surface area contributed by atoms with Crippen LogP contribution < -0.4 is 0 Å². The Balaban J connectivity index is 1.62. The first kappa shape index (κ1) is 24.9. The van der Waals surface area contributed by atoms with E-state index in [9.17, 15) is 29.1 Å². The predicted molar refractivity (Wildman–Crippen MR) is 135 cm³/mol. The number of hydrogen-bond acceptors (Lipinski definition) is 7. The Morgan fingerprint density at radius 1 is 1.03 bits per heavy atom.